The number of hydrogen-bond acceptors (Lipinski definition) is 1. The van der Waals surface area contributed by atoms with Crippen molar-refractivity contribution in [3.63, 3.8) is 0 Å². The maximum atomic E-state index is 9.64. The van der Waals surface area contributed by atoms with Crippen LogP contribution in [-0.2, 0) is 0 Å². The molecular formula is C52H32O. The van der Waals surface area contributed by atoms with Gasteiger partial charge in [-0.2, -0.15) is 0 Å². The summed E-state index contributed by atoms with van der Waals surface area (Å²) in [5.74, 6) is 0. The molecule has 0 aliphatic carbocycles. The molecule has 0 aliphatic heterocycles. The van der Waals surface area contributed by atoms with E-state index < -0.39 is 159 Å². The van der Waals surface area contributed by atoms with Crippen molar-refractivity contribution in [2.75, 3.05) is 0 Å². The van der Waals surface area contributed by atoms with Gasteiger partial charge in [-0.05, 0) is 88.1 Å². The Balaban J connectivity index is 1.31. The van der Waals surface area contributed by atoms with Gasteiger partial charge in [0.15, 0.2) is 0 Å². The molecule has 1 heteroatoms. The van der Waals surface area contributed by atoms with Crippen LogP contribution in [0.1, 0.15) is 26.0 Å². The average Bonchev–Trinajstić information content (AvgIpc) is 3.77. The highest BCUT2D eigenvalue weighted by Crippen LogP contribution is 2.47. The monoisotopic (exact) mass is 691 g/mol. The summed E-state index contributed by atoms with van der Waals surface area (Å²) in [6, 6.07) is 9.28. The Bertz CT molecular complexity index is 4210. The lowest BCUT2D eigenvalue weighted by atomic mass is 9.83. The lowest BCUT2D eigenvalue weighted by molar-refractivity contribution is 0.670. The second-order valence-electron chi connectivity index (χ2n) is 12.5. The van der Waals surface area contributed by atoms with Crippen LogP contribution in [0.2, 0.25) is 0 Å². The normalized spacial score (nSPS) is 16.8. The molecule has 0 spiro atoms. The van der Waals surface area contributed by atoms with E-state index in [2.05, 4.69) is 0 Å². The number of hydrogen-bond donors (Lipinski definition) is 0. The molecule has 0 fully saturated rings. The van der Waals surface area contributed by atoms with Gasteiger partial charge in [0.2, 0.25) is 0 Å². The predicted octanol–water partition coefficient (Wildman–Crippen LogP) is 14.9. The van der Waals surface area contributed by atoms with Crippen molar-refractivity contribution in [2.45, 2.75) is 0 Å². The van der Waals surface area contributed by atoms with Gasteiger partial charge in [0.25, 0.3) is 0 Å². The second-order valence-corrected chi connectivity index (χ2v) is 12.5. The Hall–Kier alpha value is -6.96. The van der Waals surface area contributed by atoms with Gasteiger partial charge < -0.3 is 4.42 Å². The third-order valence-corrected chi connectivity index (χ3v) is 9.70. The lowest BCUT2D eigenvalue weighted by Crippen LogP contribution is -1.92. The minimum Gasteiger partial charge on any atom is -0.455 e. The fourth-order valence-electron chi connectivity index (χ4n) is 7.42. The van der Waals surface area contributed by atoms with Crippen molar-refractivity contribution in [1.29, 1.82) is 0 Å². The average molecular weight is 692 g/mol. The SMILES string of the molecule is [2H]c1c([2H])c(-c2c3c([2H])c([2H])c([2H])c([2H])c3c(-c3ccc(-c4cccc5c4oc4ccccc45)c4ccccc34)c3c([2H])c([2H])c([2H])c([2H])c23)c([2H])c([2H])c1-c1c([2H])c([2H])c([2H])c2c([2H])c([2H])c([2H])c([2H])c12. The topological polar surface area (TPSA) is 13.1 Å². The van der Waals surface area contributed by atoms with Crippen molar-refractivity contribution >= 4 is 65.0 Å². The molecule has 0 N–H and O–H groups in total. The van der Waals surface area contributed by atoms with Gasteiger partial charge in [0.1, 0.15) is 11.2 Å². The molecule has 11 aromatic rings. The number of benzene rings is 10. The number of para-hydroxylation sites is 2. The highest BCUT2D eigenvalue weighted by atomic mass is 16.3. The fourth-order valence-corrected chi connectivity index (χ4v) is 7.42. The number of furan rings is 1. The van der Waals surface area contributed by atoms with Gasteiger partial charge in [-0.1, -0.05) is 188 Å². The quantitative estimate of drug-likeness (QED) is 0.167. The van der Waals surface area contributed by atoms with Crippen LogP contribution >= 0.6 is 0 Å². The Labute approximate surface area is 333 Å². The van der Waals surface area contributed by atoms with Crippen LogP contribution in [-0.4, -0.2) is 0 Å². The molecule has 0 saturated carbocycles. The molecule has 0 unspecified atom stereocenters. The van der Waals surface area contributed by atoms with E-state index in [1.807, 2.05) is 54.6 Å². The van der Waals surface area contributed by atoms with E-state index in [9.17, 15) is 11.0 Å². The summed E-state index contributed by atoms with van der Waals surface area (Å²) in [7, 11) is 0. The van der Waals surface area contributed by atoms with Crippen molar-refractivity contribution in [3.05, 3.63) is 194 Å². The summed E-state index contributed by atoms with van der Waals surface area (Å²) >= 11 is 0. The first kappa shape index (κ1) is 16.6. The zero-order valence-corrected chi connectivity index (χ0v) is 27.4. The van der Waals surface area contributed by atoms with Crippen molar-refractivity contribution < 1.29 is 30.5 Å². The summed E-state index contributed by atoms with van der Waals surface area (Å²) in [6.07, 6.45) is 0. The van der Waals surface area contributed by atoms with Crippen molar-refractivity contribution in [3.8, 4) is 44.5 Å². The number of fused-ring (bicyclic) bond motifs is 7. The predicted molar refractivity (Wildman–Crippen MR) is 225 cm³/mol. The van der Waals surface area contributed by atoms with E-state index in [1.165, 1.54) is 0 Å². The van der Waals surface area contributed by atoms with Crippen LogP contribution in [0.25, 0.3) is 110 Å². The lowest BCUT2D eigenvalue weighted by Gasteiger charge is -2.20. The van der Waals surface area contributed by atoms with Crippen LogP contribution < -0.4 is 0 Å². The molecule has 0 bridgehead atoms. The van der Waals surface area contributed by atoms with Crippen LogP contribution in [0.15, 0.2) is 198 Å². The first-order valence-electron chi connectivity index (χ1n) is 26.2. The Kier molecular flexibility index (Phi) is 3.69. The maximum absolute atomic E-state index is 9.64. The Morgan fingerprint density at radius 2 is 0.868 bits per heavy atom. The Morgan fingerprint density at radius 3 is 1.60 bits per heavy atom. The largest absolute Gasteiger partial charge is 0.455 e. The summed E-state index contributed by atoms with van der Waals surface area (Å²) in [6.45, 7) is 0. The van der Waals surface area contributed by atoms with Gasteiger partial charge in [-0.25, -0.2) is 0 Å². The summed E-state index contributed by atoms with van der Waals surface area (Å²) in [5, 5.41) is 0.626. The number of rotatable bonds is 4. The molecule has 53 heavy (non-hydrogen) atoms. The zero-order valence-electron chi connectivity index (χ0n) is 46.4. The molecule has 0 aliphatic rings. The fraction of sp³-hybridized carbons (Fsp3) is 0. The highest BCUT2D eigenvalue weighted by Gasteiger charge is 2.20. The van der Waals surface area contributed by atoms with Gasteiger partial charge in [0.05, 0.1) is 26.0 Å². The molecule has 0 saturated heterocycles. The molecule has 1 aromatic heterocycles. The summed E-state index contributed by atoms with van der Waals surface area (Å²) in [5.41, 5.74) is 0.583. The third-order valence-electron chi connectivity index (χ3n) is 9.70. The van der Waals surface area contributed by atoms with E-state index in [-0.39, 0.29) is 16.3 Å². The second kappa shape index (κ2) is 11.8. The standard InChI is InChI=1S/C52H32O/c1-2-15-36-33(13-1)14-11-23-37(36)34-27-29-35(30-28-34)50-42-19-5-7-21-44(42)51(45-22-8-6-20-43(45)50)46-32-31-40(38-16-3-4-17-39(38)46)47-24-12-25-48-41-18-9-10-26-49(41)53-52(47)48/h1-32H/i1D,2D,5D,6D,7D,8D,11D,13D,14D,15D,19D,20D,21D,22D,23D,27D,28D,29D,30D. The van der Waals surface area contributed by atoms with Crippen LogP contribution in [0, 0.1) is 0 Å². The van der Waals surface area contributed by atoms with Crippen LogP contribution in [0.5, 0.6) is 0 Å². The molecule has 1 nitrogen and oxygen atoms in total. The van der Waals surface area contributed by atoms with E-state index in [0.717, 1.165) is 16.3 Å². The van der Waals surface area contributed by atoms with Gasteiger partial charge in [-0.3, -0.25) is 0 Å². The smallest absolute Gasteiger partial charge is 0.143 e. The molecule has 1 heterocycles. The highest BCUT2D eigenvalue weighted by molar-refractivity contribution is 6.24. The van der Waals surface area contributed by atoms with E-state index >= 15 is 0 Å². The Morgan fingerprint density at radius 1 is 0.321 bits per heavy atom. The third kappa shape index (κ3) is 4.58. The van der Waals surface area contributed by atoms with Gasteiger partial charge >= 0.3 is 0 Å². The van der Waals surface area contributed by atoms with Crippen molar-refractivity contribution in [1.82, 2.24) is 0 Å². The van der Waals surface area contributed by atoms with Crippen LogP contribution in [0.3, 0.4) is 0 Å². The first-order chi connectivity index (χ1) is 34.2. The van der Waals surface area contributed by atoms with Gasteiger partial charge in [-0.15, -0.1) is 0 Å². The van der Waals surface area contributed by atoms with E-state index in [4.69, 9.17) is 19.5 Å². The summed E-state index contributed by atoms with van der Waals surface area (Å²) in [4.78, 5) is 0. The minimum atomic E-state index is -0.918. The van der Waals surface area contributed by atoms with E-state index in [1.54, 1.807) is 24.3 Å². The molecule has 246 valence electrons. The molecule has 11 rings (SSSR count). The zero-order chi connectivity index (χ0) is 51.4. The van der Waals surface area contributed by atoms with Gasteiger partial charge in [0, 0.05) is 16.3 Å². The van der Waals surface area contributed by atoms with E-state index in [0.29, 0.717) is 33.1 Å². The van der Waals surface area contributed by atoms with Crippen LogP contribution in [0.4, 0.5) is 0 Å². The minimum absolute atomic E-state index is 0.0303. The first-order valence-corrected chi connectivity index (χ1v) is 16.7. The summed E-state index contributed by atoms with van der Waals surface area (Å²) < 4.78 is 179. The molecule has 10 aromatic carbocycles. The maximum Gasteiger partial charge on any atom is 0.143 e. The molecule has 0 radical (unpaired) electrons. The molecular weight excluding hydrogens is 641 g/mol. The molecule has 0 atom stereocenters. The van der Waals surface area contributed by atoms with Crippen molar-refractivity contribution in [2.24, 2.45) is 0 Å². The molecule has 0 amide bonds.